The number of hydrogen-bond acceptors (Lipinski definition) is 7. The summed E-state index contributed by atoms with van der Waals surface area (Å²) in [5, 5.41) is 17.3. The molecule has 4 aromatic rings. The van der Waals surface area contributed by atoms with Crippen molar-refractivity contribution >= 4 is 50.7 Å². The Morgan fingerprint density at radius 3 is 2.79 bits per heavy atom. The van der Waals surface area contributed by atoms with E-state index in [1.807, 2.05) is 5.38 Å². The van der Waals surface area contributed by atoms with Crippen molar-refractivity contribution in [1.82, 2.24) is 10.3 Å². The number of anilines is 1. The highest BCUT2D eigenvalue weighted by atomic mass is 35.5. The number of hydrogen-bond donors (Lipinski definition) is 3. The quantitative estimate of drug-likeness (QED) is 0.320. The van der Waals surface area contributed by atoms with E-state index in [0.29, 0.717) is 27.8 Å². The number of aliphatic hydroxyl groups is 1. The van der Waals surface area contributed by atoms with Gasteiger partial charge in [0, 0.05) is 46.0 Å². The van der Waals surface area contributed by atoms with Crippen molar-refractivity contribution in [2.24, 2.45) is 0 Å². The highest BCUT2D eigenvalue weighted by Crippen LogP contribution is 2.33. The van der Waals surface area contributed by atoms with E-state index in [1.54, 1.807) is 54.7 Å². The lowest BCUT2D eigenvalue weighted by Crippen LogP contribution is -2.29. The third kappa shape index (κ3) is 5.82. The third-order valence-corrected chi connectivity index (χ3v) is 5.98. The normalized spacial score (nSPS) is 10.6. The molecule has 0 unspecified atom stereocenters. The molecule has 0 atom stereocenters. The van der Waals surface area contributed by atoms with Crippen LogP contribution in [-0.4, -0.2) is 35.2 Å². The van der Waals surface area contributed by atoms with Gasteiger partial charge in [-0.1, -0.05) is 23.7 Å². The topological polar surface area (TPSA) is 110 Å². The number of halogens is 1. The van der Waals surface area contributed by atoms with Crippen molar-refractivity contribution in [3.63, 3.8) is 0 Å². The van der Waals surface area contributed by atoms with Crippen LogP contribution in [0.5, 0.6) is 11.5 Å². The average Bonchev–Trinajstić information content (AvgIpc) is 3.26. The standard InChI is InChI=1S/C24H20ClN3O5S/c25-17-4-1-3-15(9-17)23(30)28-18-5-2-6-19(10-18)32-13-16-14-34-22-20(16)11-26-12-21(22)33-24(31)27-7-8-29/h1-6,9-12,14,29H,7-8,13H2,(H,27,31)(H,28,30). The molecule has 34 heavy (non-hydrogen) atoms. The Hall–Kier alpha value is -3.66. The van der Waals surface area contributed by atoms with Crippen LogP contribution in [0.15, 0.2) is 66.3 Å². The van der Waals surface area contributed by atoms with Crippen LogP contribution < -0.4 is 20.1 Å². The Morgan fingerprint density at radius 1 is 1.12 bits per heavy atom. The molecule has 2 aromatic heterocycles. The van der Waals surface area contributed by atoms with Crippen LogP contribution in [0.3, 0.4) is 0 Å². The van der Waals surface area contributed by atoms with Gasteiger partial charge in [0.1, 0.15) is 12.4 Å². The Kier molecular flexibility index (Phi) is 7.58. The number of nitrogens with zero attached hydrogens (tertiary/aromatic N) is 1. The Balaban J connectivity index is 1.42. The van der Waals surface area contributed by atoms with Crippen molar-refractivity contribution in [3.05, 3.63) is 82.5 Å². The van der Waals surface area contributed by atoms with Crippen molar-refractivity contribution < 1.29 is 24.2 Å². The van der Waals surface area contributed by atoms with E-state index >= 15 is 0 Å². The SMILES string of the molecule is O=C(NCCO)Oc1cncc2c(COc3cccc(NC(=O)c4cccc(Cl)c4)c3)csc12. The molecule has 0 fully saturated rings. The number of aromatic nitrogens is 1. The van der Waals surface area contributed by atoms with Crippen LogP contribution in [0, 0.1) is 0 Å². The molecule has 0 aliphatic heterocycles. The molecular weight excluding hydrogens is 478 g/mol. The number of pyridine rings is 1. The van der Waals surface area contributed by atoms with Crippen molar-refractivity contribution in [2.75, 3.05) is 18.5 Å². The van der Waals surface area contributed by atoms with Gasteiger partial charge in [-0.25, -0.2) is 4.79 Å². The van der Waals surface area contributed by atoms with Gasteiger partial charge in [0.2, 0.25) is 0 Å². The molecule has 8 nitrogen and oxygen atoms in total. The monoisotopic (exact) mass is 497 g/mol. The summed E-state index contributed by atoms with van der Waals surface area (Å²) in [5.41, 5.74) is 1.92. The number of carbonyl (C=O) groups is 2. The molecule has 4 rings (SSSR count). The van der Waals surface area contributed by atoms with Gasteiger partial charge in [0.25, 0.3) is 5.91 Å². The lowest BCUT2D eigenvalue weighted by atomic mass is 10.2. The number of benzene rings is 2. The van der Waals surface area contributed by atoms with Crippen LogP contribution in [0.4, 0.5) is 10.5 Å². The first-order chi connectivity index (χ1) is 16.5. The van der Waals surface area contributed by atoms with Gasteiger partial charge < -0.3 is 25.2 Å². The summed E-state index contributed by atoms with van der Waals surface area (Å²) in [6.07, 6.45) is 2.49. The highest BCUT2D eigenvalue weighted by Gasteiger charge is 2.13. The predicted octanol–water partition coefficient (Wildman–Crippen LogP) is 4.86. The molecule has 2 aromatic carbocycles. The largest absolute Gasteiger partial charge is 0.489 e. The van der Waals surface area contributed by atoms with Crippen molar-refractivity contribution in [2.45, 2.75) is 6.61 Å². The minimum atomic E-state index is -0.661. The lowest BCUT2D eigenvalue weighted by Gasteiger charge is -2.10. The fraction of sp³-hybridized carbons (Fsp3) is 0.125. The summed E-state index contributed by atoms with van der Waals surface area (Å²) >= 11 is 7.37. The fourth-order valence-electron chi connectivity index (χ4n) is 3.11. The van der Waals surface area contributed by atoms with E-state index in [-0.39, 0.29) is 25.7 Å². The molecule has 0 radical (unpaired) electrons. The molecule has 0 saturated carbocycles. The first kappa shape index (κ1) is 23.5. The Bertz CT molecular complexity index is 1330. The van der Waals surface area contributed by atoms with Gasteiger partial charge in [-0.15, -0.1) is 11.3 Å². The van der Waals surface area contributed by atoms with E-state index in [4.69, 9.17) is 26.2 Å². The minimum absolute atomic E-state index is 0.102. The number of rotatable bonds is 8. The Morgan fingerprint density at radius 2 is 1.97 bits per heavy atom. The predicted molar refractivity (Wildman–Crippen MR) is 131 cm³/mol. The second kappa shape index (κ2) is 11.0. The van der Waals surface area contributed by atoms with E-state index < -0.39 is 6.09 Å². The highest BCUT2D eigenvalue weighted by molar-refractivity contribution is 7.17. The van der Waals surface area contributed by atoms with E-state index in [1.165, 1.54) is 17.5 Å². The summed E-state index contributed by atoms with van der Waals surface area (Å²) in [4.78, 5) is 28.4. The first-order valence-corrected chi connectivity index (χ1v) is 11.5. The smallest absolute Gasteiger partial charge is 0.412 e. The van der Waals surface area contributed by atoms with E-state index in [0.717, 1.165) is 15.6 Å². The maximum atomic E-state index is 12.5. The number of nitrogens with one attached hydrogen (secondary N) is 2. The number of amides is 2. The molecule has 0 saturated heterocycles. The number of thiophene rings is 1. The van der Waals surface area contributed by atoms with Crippen LogP contribution in [0.25, 0.3) is 10.1 Å². The molecule has 0 aliphatic rings. The van der Waals surface area contributed by atoms with Crippen molar-refractivity contribution in [1.29, 1.82) is 0 Å². The third-order valence-electron chi connectivity index (χ3n) is 4.69. The molecule has 3 N–H and O–H groups in total. The summed E-state index contributed by atoms with van der Waals surface area (Å²) in [5.74, 6) is 0.631. The summed E-state index contributed by atoms with van der Waals surface area (Å²) in [6, 6.07) is 13.8. The van der Waals surface area contributed by atoms with Gasteiger partial charge in [0.05, 0.1) is 17.5 Å². The molecule has 0 spiro atoms. The van der Waals surface area contributed by atoms with E-state index in [9.17, 15) is 9.59 Å². The van der Waals surface area contributed by atoms with Gasteiger partial charge in [-0.2, -0.15) is 0 Å². The maximum absolute atomic E-state index is 12.5. The first-order valence-electron chi connectivity index (χ1n) is 10.2. The minimum Gasteiger partial charge on any atom is -0.489 e. The van der Waals surface area contributed by atoms with Crippen LogP contribution >= 0.6 is 22.9 Å². The lowest BCUT2D eigenvalue weighted by molar-refractivity contribution is 0.102. The molecule has 0 bridgehead atoms. The zero-order valence-corrected chi connectivity index (χ0v) is 19.4. The van der Waals surface area contributed by atoms with Gasteiger partial charge in [0.15, 0.2) is 5.75 Å². The van der Waals surface area contributed by atoms with Gasteiger partial charge in [-0.3, -0.25) is 9.78 Å². The van der Waals surface area contributed by atoms with Crippen LogP contribution in [0.2, 0.25) is 5.02 Å². The summed E-state index contributed by atoms with van der Waals surface area (Å²) in [6.45, 7) is 0.182. The molecule has 10 heteroatoms. The van der Waals surface area contributed by atoms with Crippen LogP contribution in [0.1, 0.15) is 15.9 Å². The number of carbonyl (C=O) groups excluding carboxylic acids is 2. The molecule has 0 aliphatic carbocycles. The van der Waals surface area contributed by atoms with E-state index in [2.05, 4.69) is 15.6 Å². The number of aliphatic hydroxyl groups excluding tert-OH is 1. The second-order valence-electron chi connectivity index (χ2n) is 7.10. The number of ether oxygens (including phenoxy) is 2. The molecule has 2 heterocycles. The summed E-state index contributed by atoms with van der Waals surface area (Å²) in [7, 11) is 0. The van der Waals surface area contributed by atoms with Gasteiger partial charge in [-0.05, 0) is 35.7 Å². The molecule has 2 amide bonds. The van der Waals surface area contributed by atoms with Crippen molar-refractivity contribution in [3.8, 4) is 11.5 Å². The summed E-state index contributed by atoms with van der Waals surface area (Å²) < 4.78 is 12.0. The zero-order chi connectivity index (χ0) is 23.9. The zero-order valence-electron chi connectivity index (χ0n) is 17.8. The average molecular weight is 498 g/mol. The molecule has 174 valence electrons. The maximum Gasteiger partial charge on any atom is 0.412 e. The van der Waals surface area contributed by atoms with Gasteiger partial charge >= 0.3 is 6.09 Å². The number of fused-ring (bicyclic) bond motifs is 1. The molecular formula is C24H20ClN3O5S. The van der Waals surface area contributed by atoms with Crippen LogP contribution in [-0.2, 0) is 6.61 Å². The second-order valence-corrected chi connectivity index (χ2v) is 8.41. The fourth-order valence-corrected chi connectivity index (χ4v) is 4.28. The Labute approximate surface area is 204 Å².